The van der Waals surface area contributed by atoms with E-state index in [4.69, 9.17) is 16.7 Å². The SMILES string of the molecule is O=C(O)C[C@H](NC(=O)Nc1cccn(Cc2ccccc2Cl)c1=O)c1ccc(O)cc1. The van der Waals surface area contributed by atoms with Crippen LogP contribution in [0, 0.1) is 0 Å². The predicted octanol–water partition coefficient (Wildman–Crippen LogP) is 3.59. The zero-order valence-corrected chi connectivity index (χ0v) is 17.0. The Bertz CT molecular complexity index is 1140. The number of hydrogen-bond donors (Lipinski definition) is 4. The second-order valence-electron chi connectivity index (χ2n) is 6.79. The number of nitrogens with zero attached hydrogens (tertiary/aromatic N) is 1. The number of halogens is 1. The Morgan fingerprint density at radius 2 is 1.74 bits per heavy atom. The molecule has 2 aromatic carbocycles. The Kier molecular flexibility index (Phi) is 6.94. The smallest absolute Gasteiger partial charge is 0.319 e. The predicted molar refractivity (Wildman–Crippen MR) is 117 cm³/mol. The van der Waals surface area contributed by atoms with Gasteiger partial charge in [0.1, 0.15) is 11.4 Å². The number of hydrogen-bond acceptors (Lipinski definition) is 4. The van der Waals surface area contributed by atoms with Gasteiger partial charge in [-0.2, -0.15) is 0 Å². The highest BCUT2D eigenvalue weighted by molar-refractivity contribution is 6.31. The number of benzene rings is 2. The highest BCUT2D eigenvalue weighted by Gasteiger charge is 2.19. The lowest BCUT2D eigenvalue weighted by Gasteiger charge is -2.18. The molecule has 0 aliphatic rings. The highest BCUT2D eigenvalue weighted by Crippen LogP contribution is 2.20. The number of amides is 2. The van der Waals surface area contributed by atoms with Crippen LogP contribution in [0.3, 0.4) is 0 Å². The summed E-state index contributed by atoms with van der Waals surface area (Å²) < 4.78 is 1.41. The van der Waals surface area contributed by atoms with E-state index in [0.29, 0.717) is 10.6 Å². The van der Waals surface area contributed by atoms with Crippen molar-refractivity contribution in [3.05, 3.63) is 93.4 Å². The molecule has 9 heteroatoms. The van der Waals surface area contributed by atoms with Gasteiger partial charge in [0.25, 0.3) is 5.56 Å². The molecule has 3 aromatic rings. The highest BCUT2D eigenvalue weighted by atomic mass is 35.5. The third-order valence-corrected chi connectivity index (χ3v) is 4.92. The van der Waals surface area contributed by atoms with E-state index in [2.05, 4.69) is 10.6 Å². The van der Waals surface area contributed by atoms with Crippen LogP contribution < -0.4 is 16.2 Å². The summed E-state index contributed by atoms with van der Waals surface area (Å²) in [6, 6.07) is 14.4. The van der Waals surface area contributed by atoms with Gasteiger partial charge in [0.2, 0.25) is 0 Å². The molecule has 8 nitrogen and oxygen atoms in total. The molecule has 0 aliphatic heterocycles. The second kappa shape index (κ2) is 9.82. The third kappa shape index (κ3) is 5.86. The van der Waals surface area contributed by atoms with Crippen LogP contribution in [0.25, 0.3) is 0 Å². The molecule has 3 rings (SSSR count). The van der Waals surface area contributed by atoms with Gasteiger partial charge in [-0.3, -0.25) is 9.59 Å². The number of rotatable bonds is 7. The number of phenolic OH excluding ortho intramolecular Hbond substituents is 1. The molecule has 0 spiro atoms. The van der Waals surface area contributed by atoms with Gasteiger partial charge in [-0.15, -0.1) is 0 Å². The number of aliphatic carboxylic acids is 1. The minimum absolute atomic E-state index is 0.0191. The number of aromatic hydroxyl groups is 1. The lowest BCUT2D eigenvalue weighted by molar-refractivity contribution is -0.137. The molecule has 0 radical (unpaired) electrons. The number of carbonyl (C=O) groups excluding carboxylic acids is 1. The van der Waals surface area contributed by atoms with E-state index in [0.717, 1.165) is 5.56 Å². The van der Waals surface area contributed by atoms with Gasteiger partial charge in [0.05, 0.1) is 19.0 Å². The first kappa shape index (κ1) is 21.9. The van der Waals surface area contributed by atoms with Crippen molar-refractivity contribution < 1.29 is 19.8 Å². The molecular weight excluding hydrogens is 422 g/mol. The van der Waals surface area contributed by atoms with Gasteiger partial charge in [-0.05, 0) is 41.5 Å². The van der Waals surface area contributed by atoms with Crippen molar-refractivity contribution in [1.82, 2.24) is 9.88 Å². The first-order valence-corrected chi connectivity index (χ1v) is 9.72. The summed E-state index contributed by atoms with van der Waals surface area (Å²) in [5, 5.41) is 24.1. The summed E-state index contributed by atoms with van der Waals surface area (Å²) >= 11 is 6.16. The Balaban J connectivity index is 1.76. The van der Waals surface area contributed by atoms with Crippen molar-refractivity contribution in [2.45, 2.75) is 19.0 Å². The minimum Gasteiger partial charge on any atom is -0.508 e. The van der Waals surface area contributed by atoms with Gasteiger partial charge >= 0.3 is 12.0 Å². The number of urea groups is 1. The van der Waals surface area contributed by atoms with Gasteiger partial charge in [-0.25, -0.2) is 4.79 Å². The van der Waals surface area contributed by atoms with Gasteiger partial charge in [0.15, 0.2) is 0 Å². The minimum atomic E-state index is -1.11. The first-order valence-electron chi connectivity index (χ1n) is 9.34. The summed E-state index contributed by atoms with van der Waals surface area (Å²) in [5.41, 5.74) is 0.852. The van der Waals surface area contributed by atoms with Crippen LogP contribution in [0.15, 0.2) is 71.7 Å². The molecule has 0 unspecified atom stereocenters. The van der Waals surface area contributed by atoms with Crippen LogP contribution >= 0.6 is 11.6 Å². The average molecular weight is 442 g/mol. The van der Waals surface area contributed by atoms with Crippen LogP contribution in [0.1, 0.15) is 23.6 Å². The summed E-state index contributed by atoms with van der Waals surface area (Å²) in [6.45, 7) is 0.227. The van der Waals surface area contributed by atoms with Gasteiger partial charge in [0, 0.05) is 11.2 Å². The molecule has 1 aromatic heterocycles. The molecule has 4 N–H and O–H groups in total. The van der Waals surface area contributed by atoms with Crippen molar-refractivity contribution in [2.75, 3.05) is 5.32 Å². The van der Waals surface area contributed by atoms with E-state index in [1.54, 1.807) is 30.5 Å². The van der Waals surface area contributed by atoms with Crippen molar-refractivity contribution >= 4 is 29.3 Å². The van der Waals surface area contributed by atoms with Crippen molar-refractivity contribution in [2.24, 2.45) is 0 Å². The molecule has 31 heavy (non-hydrogen) atoms. The van der Waals surface area contributed by atoms with Gasteiger partial charge < -0.3 is 25.4 Å². The number of carboxylic acid groups (broad SMARTS) is 1. The molecule has 2 amide bonds. The fraction of sp³-hybridized carbons (Fsp3) is 0.136. The molecular formula is C22H20ClN3O5. The van der Waals surface area contributed by atoms with E-state index in [1.165, 1.54) is 34.9 Å². The fourth-order valence-electron chi connectivity index (χ4n) is 3.02. The standard InChI is InChI=1S/C22H20ClN3O5/c23-17-5-2-1-4-15(17)13-26-11-3-6-18(21(26)30)24-22(31)25-19(12-20(28)29)14-7-9-16(27)10-8-14/h1-11,19,27H,12-13H2,(H,28,29)(H2,24,25,31)/t19-/m0/s1. The summed E-state index contributed by atoms with van der Waals surface area (Å²) in [5.74, 6) is -1.09. The molecule has 160 valence electrons. The lowest BCUT2D eigenvalue weighted by Crippen LogP contribution is -2.36. The topological polar surface area (TPSA) is 121 Å². The Labute approximate surface area is 182 Å². The summed E-state index contributed by atoms with van der Waals surface area (Å²) in [7, 11) is 0. The number of aromatic nitrogens is 1. The molecule has 0 saturated carbocycles. The average Bonchev–Trinajstić information content (AvgIpc) is 2.72. The number of carboxylic acids is 1. The number of pyridine rings is 1. The molecule has 0 saturated heterocycles. The van der Waals surface area contributed by atoms with E-state index in [1.807, 2.05) is 6.07 Å². The largest absolute Gasteiger partial charge is 0.508 e. The van der Waals surface area contributed by atoms with Crippen molar-refractivity contribution in [3.8, 4) is 5.75 Å². The zero-order chi connectivity index (χ0) is 22.4. The van der Waals surface area contributed by atoms with E-state index in [-0.39, 0.29) is 24.4 Å². The number of carbonyl (C=O) groups is 2. The zero-order valence-electron chi connectivity index (χ0n) is 16.3. The molecule has 0 aliphatic carbocycles. The van der Waals surface area contributed by atoms with Gasteiger partial charge in [-0.1, -0.05) is 41.9 Å². The number of phenols is 1. The monoisotopic (exact) mass is 441 g/mol. The molecule has 1 atom stereocenters. The van der Waals surface area contributed by atoms with Crippen LogP contribution in [0.4, 0.5) is 10.5 Å². The van der Waals surface area contributed by atoms with Crippen molar-refractivity contribution in [1.29, 1.82) is 0 Å². The maximum atomic E-state index is 12.7. The number of nitrogens with one attached hydrogen (secondary N) is 2. The maximum absolute atomic E-state index is 12.7. The third-order valence-electron chi connectivity index (χ3n) is 4.55. The van der Waals surface area contributed by atoms with Crippen LogP contribution in [0.5, 0.6) is 5.75 Å². The van der Waals surface area contributed by atoms with E-state index >= 15 is 0 Å². The quantitative estimate of drug-likeness (QED) is 0.446. The first-order chi connectivity index (χ1) is 14.8. The summed E-state index contributed by atoms with van der Waals surface area (Å²) in [4.78, 5) is 36.4. The molecule has 0 bridgehead atoms. The van der Waals surface area contributed by atoms with E-state index < -0.39 is 23.6 Å². The fourth-order valence-corrected chi connectivity index (χ4v) is 3.21. The Morgan fingerprint density at radius 1 is 1.03 bits per heavy atom. The van der Waals surface area contributed by atoms with Crippen molar-refractivity contribution in [3.63, 3.8) is 0 Å². The Hall–Kier alpha value is -3.78. The van der Waals surface area contributed by atoms with Crippen LogP contribution in [-0.4, -0.2) is 26.8 Å². The van der Waals surface area contributed by atoms with Crippen LogP contribution in [0.2, 0.25) is 5.02 Å². The molecule has 0 fully saturated rings. The summed E-state index contributed by atoms with van der Waals surface area (Å²) in [6.07, 6.45) is 1.21. The molecule has 1 heterocycles. The maximum Gasteiger partial charge on any atom is 0.319 e. The van der Waals surface area contributed by atoms with E-state index in [9.17, 15) is 19.5 Å². The normalized spacial score (nSPS) is 11.5. The second-order valence-corrected chi connectivity index (χ2v) is 7.19. The lowest BCUT2D eigenvalue weighted by atomic mass is 10.0. The Morgan fingerprint density at radius 3 is 2.42 bits per heavy atom. The van der Waals surface area contributed by atoms with Crippen LogP contribution in [-0.2, 0) is 11.3 Å². The number of anilines is 1.